The van der Waals surface area contributed by atoms with Gasteiger partial charge in [-0.15, -0.1) is 0 Å². The molecule has 0 aliphatic heterocycles. The van der Waals surface area contributed by atoms with Crippen LogP contribution in [0.15, 0.2) is 0 Å². The molecule has 0 aromatic heterocycles. The molecule has 0 aromatic rings. The molecule has 90 valence electrons. The summed E-state index contributed by atoms with van der Waals surface area (Å²) in [6.07, 6.45) is -2.48. The molecule has 3 N–H and O–H groups in total. The molecule has 0 bridgehead atoms. The van der Waals surface area contributed by atoms with E-state index in [-0.39, 0.29) is 0 Å². The fraction of sp³-hybridized carbons (Fsp3) is 0.875. The van der Waals surface area contributed by atoms with Crippen molar-refractivity contribution in [2.75, 3.05) is 6.61 Å². The molecule has 0 atom stereocenters. The Labute approximate surface area is 85.2 Å². The van der Waals surface area contributed by atoms with Crippen LogP contribution >= 0.6 is 0 Å². The van der Waals surface area contributed by atoms with E-state index in [4.69, 9.17) is 20.4 Å². The lowest BCUT2D eigenvalue weighted by molar-refractivity contribution is -0.192. The summed E-state index contributed by atoms with van der Waals surface area (Å²) in [6.45, 7) is 2.85. The molecule has 0 spiro atoms. The number of hydrogen-bond acceptors (Lipinski definition) is 3. The van der Waals surface area contributed by atoms with Gasteiger partial charge in [0, 0.05) is 12.6 Å². The Kier molecular flexibility index (Phi) is 5.59. The maximum absolute atomic E-state index is 10.6. The van der Waals surface area contributed by atoms with E-state index in [2.05, 4.69) is 0 Å². The Hall–Kier alpha value is -0.820. The number of rotatable bonds is 2. The van der Waals surface area contributed by atoms with Crippen molar-refractivity contribution in [2.24, 2.45) is 5.73 Å². The van der Waals surface area contributed by atoms with Crippen LogP contribution in [0.25, 0.3) is 0 Å². The number of alkyl halides is 3. The Morgan fingerprint density at radius 3 is 2.13 bits per heavy atom. The fourth-order valence-electron chi connectivity index (χ4n) is 0.978. The summed E-state index contributed by atoms with van der Waals surface area (Å²) >= 11 is 0. The zero-order valence-electron chi connectivity index (χ0n) is 8.25. The second-order valence-electron chi connectivity index (χ2n) is 3.11. The van der Waals surface area contributed by atoms with Crippen LogP contribution in [0, 0.1) is 0 Å². The number of halogens is 3. The number of carboxylic acids is 1. The normalized spacial score (nSPS) is 24.9. The molecular weight excluding hydrogens is 215 g/mol. The highest BCUT2D eigenvalue weighted by atomic mass is 19.4. The van der Waals surface area contributed by atoms with Gasteiger partial charge in [-0.05, 0) is 19.8 Å². The highest BCUT2D eigenvalue weighted by Crippen LogP contribution is 2.20. The third-order valence-corrected chi connectivity index (χ3v) is 1.78. The molecule has 1 aliphatic rings. The first-order valence-electron chi connectivity index (χ1n) is 4.44. The lowest BCUT2D eigenvalue weighted by atomic mass is 9.90. The molecule has 1 rings (SSSR count). The molecule has 0 saturated heterocycles. The van der Waals surface area contributed by atoms with Gasteiger partial charge in [-0.2, -0.15) is 13.2 Å². The van der Waals surface area contributed by atoms with Crippen molar-refractivity contribution in [1.29, 1.82) is 0 Å². The molecule has 15 heavy (non-hydrogen) atoms. The summed E-state index contributed by atoms with van der Waals surface area (Å²) in [5, 5.41) is 7.12. The van der Waals surface area contributed by atoms with Crippen LogP contribution < -0.4 is 5.73 Å². The standard InChI is InChI=1S/C6H13NO.C2HF3O2/c1-2-8-6-3-5(7)4-6;3-2(4,5)1(6)7/h5-6H,2-4,7H2,1H3;(H,6,7)/t5-,6-;. The molecule has 4 nitrogen and oxygen atoms in total. The zero-order valence-corrected chi connectivity index (χ0v) is 8.25. The predicted octanol–water partition coefficient (Wildman–Crippen LogP) is 1.15. The van der Waals surface area contributed by atoms with Crippen molar-refractivity contribution in [2.45, 2.75) is 38.1 Å². The highest BCUT2D eigenvalue weighted by Gasteiger charge is 2.38. The Bertz CT molecular complexity index is 199. The van der Waals surface area contributed by atoms with Crippen molar-refractivity contribution in [3.8, 4) is 0 Å². The molecule has 0 unspecified atom stereocenters. The van der Waals surface area contributed by atoms with Crippen LogP contribution in [0.5, 0.6) is 0 Å². The molecule has 0 radical (unpaired) electrons. The third kappa shape index (κ3) is 6.29. The highest BCUT2D eigenvalue weighted by molar-refractivity contribution is 5.73. The second kappa shape index (κ2) is 5.92. The molecule has 0 amide bonds. The van der Waals surface area contributed by atoms with E-state index in [1.54, 1.807) is 0 Å². The number of hydrogen-bond donors (Lipinski definition) is 2. The van der Waals surface area contributed by atoms with Gasteiger partial charge in [0.25, 0.3) is 0 Å². The van der Waals surface area contributed by atoms with Crippen molar-refractivity contribution in [1.82, 2.24) is 0 Å². The average Bonchev–Trinajstić information content (AvgIpc) is 2.01. The summed E-state index contributed by atoms with van der Waals surface area (Å²) in [6, 6.07) is 0.423. The number of carbonyl (C=O) groups is 1. The summed E-state index contributed by atoms with van der Waals surface area (Å²) in [5.74, 6) is -2.76. The minimum Gasteiger partial charge on any atom is -0.475 e. The summed E-state index contributed by atoms with van der Waals surface area (Å²) in [4.78, 5) is 8.90. The first-order valence-corrected chi connectivity index (χ1v) is 4.44. The van der Waals surface area contributed by atoms with Gasteiger partial charge >= 0.3 is 12.1 Å². The van der Waals surface area contributed by atoms with E-state index in [0.29, 0.717) is 12.1 Å². The van der Waals surface area contributed by atoms with Crippen LogP contribution in [0.2, 0.25) is 0 Å². The third-order valence-electron chi connectivity index (χ3n) is 1.78. The number of aliphatic carboxylic acids is 1. The van der Waals surface area contributed by atoms with Crippen molar-refractivity contribution in [3.05, 3.63) is 0 Å². The van der Waals surface area contributed by atoms with Gasteiger partial charge in [0.2, 0.25) is 0 Å². The molecule has 1 saturated carbocycles. The molecule has 0 heterocycles. The second-order valence-corrected chi connectivity index (χ2v) is 3.11. The van der Waals surface area contributed by atoms with Gasteiger partial charge in [0.15, 0.2) is 0 Å². The summed E-state index contributed by atoms with van der Waals surface area (Å²) < 4.78 is 37.0. The first kappa shape index (κ1) is 14.2. The molecule has 7 heteroatoms. The number of ether oxygens (including phenoxy) is 1. The van der Waals surface area contributed by atoms with Crippen LogP contribution in [0.3, 0.4) is 0 Å². The maximum atomic E-state index is 10.6. The van der Waals surface area contributed by atoms with Gasteiger partial charge < -0.3 is 15.6 Å². The lowest BCUT2D eigenvalue weighted by Gasteiger charge is -2.31. The smallest absolute Gasteiger partial charge is 0.475 e. The largest absolute Gasteiger partial charge is 0.490 e. The van der Waals surface area contributed by atoms with E-state index in [9.17, 15) is 13.2 Å². The van der Waals surface area contributed by atoms with Gasteiger partial charge in [0.1, 0.15) is 0 Å². The van der Waals surface area contributed by atoms with E-state index in [1.807, 2.05) is 6.92 Å². The van der Waals surface area contributed by atoms with Gasteiger partial charge in [-0.25, -0.2) is 4.79 Å². The number of carboxylic acid groups (broad SMARTS) is 1. The average molecular weight is 229 g/mol. The first-order chi connectivity index (χ1) is 6.77. The minimum absolute atomic E-state index is 0.423. The minimum atomic E-state index is -5.08. The van der Waals surface area contributed by atoms with Crippen LogP contribution in [0.1, 0.15) is 19.8 Å². The van der Waals surface area contributed by atoms with Crippen LogP contribution in [0.4, 0.5) is 13.2 Å². The fourth-order valence-corrected chi connectivity index (χ4v) is 0.978. The molecule has 1 aliphatic carbocycles. The molecule has 1 fully saturated rings. The van der Waals surface area contributed by atoms with Gasteiger partial charge in [0.05, 0.1) is 6.10 Å². The monoisotopic (exact) mass is 229 g/mol. The van der Waals surface area contributed by atoms with Crippen molar-refractivity contribution in [3.63, 3.8) is 0 Å². The van der Waals surface area contributed by atoms with Crippen molar-refractivity contribution < 1.29 is 27.8 Å². The van der Waals surface area contributed by atoms with Gasteiger partial charge in [-0.3, -0.25) is 0 Å². The van der Waals surface area contributed by atoms with E-state index in [0.717, 1.165) is 19.4 Å². The Morgan fingerprint density at radius 2 is 1.93 bits per heavy atom. The van der Waals surface area contributed by atoms with E-state index in [1.165, 1.54) is 0 Å². The summed E-state index contributed by atoms with van der Waals surface area (Å²) in [5.41, 5.74) is 5.52. The molecular formula is C8H14F3NO3. The number of nitrogens with two attached hydrogens (primary N) is 1. The van der Waals surface area contributed by atoms with Crippen molar-refractivity contribution >= 4 is 5.97 Å². The van der Waals surface area contributed by atoms with Gasteiger partial charge in [-0.1, -0.05) is 0 Å². The Morgan fingerprint density at radius 1 is 1.53 bits per heavy atom. The Balaban J connectivity index is 0.000000265. The summed E-state index contributed by atoms with van der Waals surface area (Å²) in [7, 11) is 0. The predicted molar refractivity (Wildman–Crippen MR) is 46.3 cm³/mol. The molecule has 0 aromatic carbocycles. The van der Waals surface area contributed by atoms with E-state index >= 15 is 0 Å². The van der Waals surface area contributed by atoms with Crippen LogP contribution in [-0.4, -0.2) is 36.0 Å². The van der Waals surface area contributed by atoms with E-state index < -0.39 is 12.1 Å². The zero-order chi connectivity index (χ0) is 12.1. The SMILES string of the molecule is CCO[C@H]1C[C@H](N)C1.O=C(O)C(F)(F)F. The quantitative estimate of drug-likeness (QED) is 0.744. The lowest BCUT2D eigenvalue weighted by Crippen LogP contribution is -2.41. The van der Waals surface area contributed by atoms with Crippen LogP contribution in [-0.2, 0) is 9.53 Å². The topological polar surface area (TPSA) is 72.5 Å². The maximum Gasteiger partial charge on any atom is 0.490 e.